The molecule has 2 heterocycles. The number of aromatic hydroxyl groups is 1. The first-order valence-electron chi connectivity index (χ1n) is 10.5. The zero-order valence-corrected chi connectivity index (χ0v) is 17.9. The Kier molecular flexibility index (Phi) is 9.46. The van der Waals surface area contributed by atoms with Crippen LogP contribution in [0.5, 0.6) is 11.5 Å². The Morgan fingerprint density at radius 2 is 1.32 bits per heavy atom. The first-order chi connectivity index (χ1) is 15.3. The van der Waals surface area contributed by atoms with Gasteiger partial charge in [-0.3, -0.25) is 0 Å². The van der Waals surface area contributed by atoms with Crippen LogP contribution in [0.1, 0.15) is 22.6 Å². The van der Waals surface area contributed by atoms with E-state index in [4.69, 9.17) is 13.6 Å². The van der Waals surface area contributed by atoms with Crippen molar-refractivity contribution >= 4 is 0 Å². The fourth-order valence-electron chi connectivity index (χ4n) is 3.18. The number of phenols is 1. The molecule has 0 amide bonds. The lowest BCUT2D eigenvalue weighted by molar-refractivity contribution is 0.369. The maximum atomic E-state index is 10.4. The lowest BCUT2D eigenvalue weighted by Crippen LogP contribution is -2.27. The summed E-state index contributed by atoms with van der Waals surface area (Å²) in [5, 5.41) is 23.8. The fraction of sp³-hybridized carbons (Fsp3) is 0.391. The molecule has 8 heteroatoms. The largest absolute Gasteiger partial charge is 0.504 e. The third kappa shape index (κ3) is 7.76. The monoisotopic (exact) mass is 428 g/mol. The fourth-order valence-corrected chi connectivity index (χ4v) is 3.18. The van der Waals surface area contributed by atoms with Crippen molar-refractivity contribution in [2.75, 3.05) is 33.3 Å². The summed E-state index contributed by atoms with van der Waals surface area (Å²) in [5.41, 5.74) is 1.88. The Bertz CT molecular complexity index is 866. The molecule has 0 saturated carbocycles. The van der Waals surface area contributed by atoms with Gasteiger partial charge in [-0.25, -0.2) is 0 Å². The Morgan fingerprint density at radius 3 is 1.84 bits per heavy atom. The van der Waals surface area contributed by atoms with Crippen molar-refractivity contribution in [2.24, 2.45) is 0 Å². The molecule has 31 heavy (non-hydrogen) atoms. The summed E-state index contributed by atoms with van der Waals surface area (Å²) >= 11 is 0. The van der Waals surface area contributed by atoms with Crippen molar-refractivity contribution in [3.8, 4) is 11.5 Å². The third-order valence-corrected chi connectivity index (χ3v) is 4.79. The van der Waals surface area contributed by atoms with E-state index in [0.29, 0.717) is 31.9 Å². The SMILES string of the molecule is COc1cc(CNCCNCc2ccco2)cc(CNCCNCc2ccco2)c1O. The molecule has 0 spiro atoms. The maximum Gasteiger partial charge on any atom is 0.162 e. The number of ether oxygens (including phenoxy) is 1. The summed E-state index contributed by atoms with van der Waals surface area (Å²) in [7, 11) is 1.57. The van der Waals surface area contributed by atoms with E-state index in [0.717, 1.165) is 48.8 Å². The molecule has 168 valence electrons. The van der Waals surface area contributed by atoms with Gasteiger partial charge in [-0.2, -0.15) is 0 Å². The van der Waals surface area contributed by atoms with Gasteiger partial charge in [0, 0.05) is 44.8 Å². The molecular formula is C23H32N4O4. The lowest BCUT2D eigenvalue weighted by Gasteiger charge is -2.14. The van der Waals surface area contributed by atoms with Gasteiger partial charge in [0.25, 0.3) is 0 Å². The van der Waals surface area contributed by atoms with Crippen LogP contribution in [0, 0.1) is 0 Å². The van der Waals surface area contributed by atoms with Crippen LogP contribution in [-0.2, 0) is 26.2 Å². The molecular weight excluding hydrogens is 396 g/mol. The molecule has 0 bridgehead atoms. The van der Waals surface area contributed by atoms with E-state index in [1.807, 2.05) is 36.4 Å². The number of hydrogen-bond acceptors (Lipinski definition) is 8. The van der Waals surface area contributed by atoms with Gasteiger partial charge in [-0.1, -0.05) is 0 Å². The van der Waals surface area contributed by atoms with Crippen LogP contribution < -0.4 is 26.0 Å². The minimum absolute atomic E-state index is 0.183. The molecule has 3 rings (SSSR count). The van der Waals surface area contributed by atoms with Crippen LogP contribution in [0.15, 0.2) is 57.8 Å². The van der Waals surface area contributed by atoms with Crippen molar-refractivity contribution < 1.29 is 18.7 Å². The van der Waals surface area contributed by atoms with Gasteiger partial charge < -0.3 is 39.9 Å². The molecule has 0 saturated heterocycles. The Labute approximate surface area is 183 Å². The van der Waals surface area contributed by atoms with Gasteiger partial charge >= 0.3 is 0 Å². The average molecular weight is 429 g/mol. The van der Waals surface area contributed by atoms with Crippen LogP contribution in [0.25, 0.3) is 0 Å². The molecule has 5 N–H and O–H groups in total. The number of benzene rings is 1. The summed E-state index contributed by atoms with van der Waals surface area (Å²) in [6.45, 7) is 5.88. The van der Waals surface area contributed by atoms with E-state index in [2.05, 4.69) is 21.3 Å². The third-order valence-electron chi connectivity index (χ3n) is 4.79. The molecule has 0 fully saturated rings. The van der Waals surface area contributed by atoms with Crippen molar-refractivity contribution in [3.05, 3.63) is 71.6 Å². The molecule has 0 radical (unpaired) electrons. The molecule has 0 aliphatic heterocycles. The topological polar surface area (TPSA) is 104 Å². The van der Waals surface area contributed by atoms with Crippen molar-refractivity contribution in [1.29, 1.82) is 0 Å². The van der Waals surface area contributed by atoms with Crippen LogP contribution >= 0.6 is 0 Å². The summed E-state index contributed by atoms with van der Waals surface area (Å²) in [5.74, 6) is 2.51. The smallest absolute Gasteiger partial charge is 0.162 e. The minimum Gasteiger partial charge on any atom is -0.504 e. The second-order valence-electron chi connectivity index (χ2n) is 7.17. The molecule has 1 aromatic carbocycles. The predicted octanol–water partition coefficient (Wildman–Crippen LogP) is 2.35. The van der Waals surface area contributed by atoms with Gasteiger partial charge in [0.1, 0.15) is 11.5 Å². The van der Waals surface area contributed by atoms with E-state index in [9.17, 15) is 5.11 Å². The molecule has 0 atom stereocenters. The molecule has 0 aliphatic carbocycles. The quantitative estimate of drug-likeness (QED) is 0.235. The maximum absolute atomic E-state index is 10.4. The Morgan fingerprint density at radius 1 is 0.774 bits per heavy atom. The van der Waals surface area contributed by atoms with Crippen LogP contribution in [0.4, 0.5) is 0 Å². The van der Waals surface area contributed by atoms with Gasteiger partial charge in [0.15, 0.2) is 11.5 Å². The molecule has 0 aliphatic rings. The van der Waals surface area contributed by atoms with E-state index in [1.54, 1.807) is 19.6 Å². The molecule has 0 unspecified atom stereocenters. The summed E-state index contributed by atoms with van der Waals surface area (Å²) in [4.78, 5) is 0. The highest BCUT2D eigenvalue weighted by atomic mass is 16.5. The highest BCUT2D eigenvalue weighted by Crippen LogP contribution is 2.31. The van der Waals surface area contributed by atoms with Crippen LogP contribution in [0.3, 0.4) is 0 Å². The van der Waals surface area contributed by atoms with Crippen molar-refractivity contribution in [1.82, 2.24) is 21.3 Å². The zero-order valence-electron chi connectivity index (χ0n) is 17.9. The average Bonchev–Trinajstić information content (AvgIpc) is 3.49. The van der Waals surface area contributed by atoms with Crippen LogP contribution in [0.2, 0.25) is 0 Å². The molecule has 2 aromatic heterocycles. The number of hydrogen-bond donors (Lipinski definition) is 5. The lowest BCUT2D eigenvalue weighted by atomic mass is 10.1. The van der Waals surface area contributed by atoms with Crippen LogP contribution in [-0.4, -0.2) is 38.4 Å². The first-order valence-corrected chi connectivity index (χ1v) is 10.5. The van der Waals surface area contributed by atoms with Gasteiger partial charge in [0.2, 0.25) is 0 Å². The highest BCUT2D eigenvalue weighted by molar-refractivity contribution is 5.48. The minimum atomic E-state index is 0.183. The normalized spacial score (nSPS) is 11.1. The summed E-state index contributed by atoms with van der Waals surface area (Å²) in [6.07, 6.45) is 3.35. The van der Waals surface area contributed by atoms with E-state index < -0.39 is 0 Å². The summed E-state index contributed by atoms with van der Waals surface area (Å²) < 4.78 is 15.9. The van der Waals surface area contributed by atoms with Crippen molar-refractivity contribution in [2.45, 2.75) is 26.2 Å². The molecule has 3 aromatic rings. The second kappa shape index (κ2) is 12.8. The van der Waals surface area contributed by atoms with E-state index in [1.165, 1.54) is 0 Å². The van der Waals surface area contributed by atoms with Crippen molar-refractivity contribution in [3.63, 3.8) is 0 Å². The Hall–Kier alpha value is -2.78. The van der Waals surface area contributed by atoms with E-state index in [-0.39, 0.29) is 5.75 Å². The highest BCUT2D eigenvalue weighted by Gasteiger charge is 2.10. The first kappa shape index (κ1) is 22.9. The standard InChI is InChI=1S/C23H32N4O4/c1-29-22-13-18(14-24-6-8-26-16-20-4-2-10-30-20)12-19(23(22)28)15-25-7-9-27-17-21-5-3-11-31-21/h2-5,10-13,24-28H,6-9,14-17H2,1H3. The molecule has 8 nitrogen and oxygen atoms in total. The van der Waals surface area contributed by atoms with E-state index >= 15 is 0 Å². The number of furan rings is 2. The number of nitrogens with one attached hydrogen (secondary N) is 4. The zero-order chi connectivity index (χ0) is 21.7. The summed E-state index contributed by atoms with van der Waals surface area (Å²) in [6, 6.07) is 11.5. The second-order valence-corrected chi connectivity index (χ2v) is 7.17. The Balaban J connectivity index is 1.37. The van der Waals surface area contributed by atoms with Gasteiger partial charge in [-0.05, 0) is 42.0 Å². The van der Waals surface area contributed by atoms with Gasteiger partial charge in [0.05, 0.1) is 32.7 Å². The van der Waals surface area contributed by atoms with Gasteiger partial charge in [-0.15, -0.1) is 0 Å². The number of rotatable bonds is 15. The number of phenolic OH excluding ortho intramolecular Hbond substituents is 1. The predicted molar refractivity (Wildman–Crippen MR) is 119 cm³/mol. The number of methoxy groups -OCH3 is 1.